The van der Waals surface area contributed by atoms with Gasteiger partial charge >= 0.3 is 0 Å². The predicted octanol–water partition coefficient (Wildman–Crippen LogP) is 0.208. The third kappa shape index (κ3) is 1.73. The van der Waals surface area contributed by atoms with Crippen molar-refractivity contribution in [2.75, 3.05) is 5.73 Å². The van der Waals surface area contributed by atoms with E-state index in [0.29, 0.717) is 11.2 Å². The van der Waals surface area contributed by atoms with Crippen LogP contribution in [0.4, 0.5) is 5.95 Å². The van der Waals surface area contributed by atoms with Gasteiger partial charge in [-0.3, -0.25) is 4.79 Å². The van der Waals surface area contributed by atoms with E-state index in [4.69, 9.17) is 5.73 Å². The van der Waals surface area contributed by atoms with Crippen molar-refractivity contribution in [2.45, 2.75) is 13.8 Å². The first-order valence-corrected chi connectivity index (χ1v) is 5.60. The lowest BCUT2D eigenvalue weighted by molar-refractivity contribution is 0.0946. The third-order valence-corrected chi connectivity index (χ3v) is 2.73. The fraction of sp³-hybridized carbons (Fsp3) is 0.182. The summed E-state index contributed by atoms with van der Waals surface area (Å²) in [5.74, 6) is -0.318. The molecule has 3 rings (SSSR count). The fourth-order valence-corrected chi connectivity index (χ4v) is 1.92. The second kappa shape index (κ2) is 3.87. The Morgan fingerprint density at radius 3 is 2.84 bits per heavy atom. The third-order valence-electron chi connectivity index (χ3n) is 2.73. The number of carbonyl (C=O) groups is 1. The van der Waals surface area contributed by atoms with Gasteiger partial charge in [0.15, 0.2) is 5.65 Å². The van der Waals surface area contributed by atoms with E-state index in [2.05, 4.69) is 20.2 Å². The molecule has 0 aliphatic rings. The highest BCUT2D eigenvalue weighted by Crippen LogP contribution is 2.13. The first-order valence-electron chi connectivity index (χ1n) is 5.60. The lowest BCUT2D eigenvalue weighted by Crippen LogP contribution is -2.13. The molecule has 0 amide bonds. The Labute approximate surface area is 107 Å². The highest BCUT2D eigenvalue weighted by Gasteiger charge is 2.18. The van der Waals surface area contributed by atoms with E-state index in [9.17, 15) is 4.79 Å². The smallest absolute Gasteiger partial charge is 0.285 e. The number of rotatable bonds is 1. The zero-order valence-corrected chi connectivity index (χ0v) is 10.4. The molecule has 2 N–H and O–H groups in total. The van der Waals surface area contributed by atoms with Crippen LogP contribution < -0.4 is 5.73 Å². The number of anilines is 1. The summed E-state index contributed by atoms with van der Waals surface area (Å²) >= 11 is 0. The van der Waals surface area contributed by atoms with Crippen molar-refractivity contribution >= 4 is 17.5 Å². The molecule has 0 atom stereocenters. The number of fused-ring (bicyclic) bond motifs is 1. The van der Waals surface area contributed by atoms with E-state index >= 15 is 0 Å². The Morgan fingerprint density at radius 1 is 1.37 bits per heavy atom. The average Bonchev–Trinajstić information content (AvgIpc) is 2.94. The van der Waals surface area contributed by atoms with Gasteiger partial charge in [-0.2, -0.15) is 9.78 Å². The van der Waals surface area contributed by atoms with Crippen LogP contribution in [0.15, 0.2) is 18.6 Å². The zero-order chi connectivity index (χ0) is 13.6. The van der Waals surface area contributed by atoms with E-state index < -0.39 is 0 Å². The maximum atomic E-state index is 12.3. The number of aromatic nitrogens is 6. The Bertz CT molecular complexity index is 786. The molecule has 0 spiro atoms. The van der Waals surface area contributed by atoms with Gasteiger partial charge in [0.05, 0.1) is 6.20 Å². The molecular formula is C11H11N7O. The van der Waals surface area contributed by atoms with Crippen molar-refractivity contribution in [1.29, 1.82) is 0 Å². The lowest BCUT2D eigenvalue weighted by atomic mass is 10.3. The summed E-state index contributed by atoms with van der Waals surface area (Å²) in [5.41, 5.74) is 7.97. The minimum Gasteiger partial charge on any atom is -0.366 e. The number of nitrogens with zero attached hydrogens (tertiary/aromatic N) is 6. The van der Waals surface area contributed by atoms with Crippen LogP contribution in [0.2, 0.25) is 0 Å². The number of carbonyl (C=O) groups excluding carboxylic acids is 1. The van der Waals surface area contributed by atoms with Crippen LogP contribution in [0.3, 0.4) is 0 Å². The summed E-state index contributed by atoms with van der Waals surface area (Å²) in [6, 6.07) is 1.89. The molecule has 0 fully saturated rings. The minimum absolute atomic E-state index is 0.0464. The second-order valence-electron chi connectivity index (χ2n) is 4.19. The average molecular weight is 257 g/mol. The van der Waals surface area contributed by atoms with Crippen molar-refractivity contribution in [3.05, 3.63) is 35.5 Å². The molecular weight excluding hydrogens is 246 g/mol. The summed E-state index contributed by atoms with van der Waals surface area (Å²) in [6.45, 7) is 3.76. The van der Waals surface area contributed by atoms with Crippen LogP contribution in [0, 0.1) is 13.8 Å². The quantitative estimate of drug-likeness (QED) is 0.668. The summed E-state index contributed by atoms with van der Waals surface area (Å²) < 4.78 is 2.69. The predicted molar refractivity (Wildman–Crippen MR) is 66.6 cm³/mol. The van der Waals surface area contributed by atoms with Gasteiger partial charge in [0.1, 0.15) is 11.9 Å². The molecule has 3 aromatic heterocycles. The van der Waals surface area contributed by atoms with Crippen LogP contribution in [-0.4, -0.2) is 35.3 Å². The van der Waals surface area contributed by atoms with Gasteiger partial charge in [0, 0.05) is 11.4 Å². The van der Waals surface area contributed by atoms with Crippen molar-refractivity contribution < 1.29 is 4.79 Å². The van der Waals surface area contributed by atoms with Crippen molar-refractivity contribution in [1.82, 2.24) is 29.4 Å². The maximum Gasteiger partial charge on any atom is 0.285 e. The van der Waals surface area contributed by atoms with E-state index in [1.165, 1.54) is 12.5 Å². The summed E-state index contributed by atoms with van der Waals surface area (Å²) in [6.07, 6.45) is 2.73. The Balaban J connectivity index is 2.18. The molecule has 0 bridgehead atoms. The molecule has 0 aliphatic carbocycles. The van der Waals surface area contributed by atoms with Crippen LogP contribution in [0.25, 0.3) is 5.65 Å². The molecule has 0 radical (unpaired) electrons. The van der Waals surface area contributed by atoms with Gasteiger partial charge < -0.3 is 5.73 Å². The molecule has 0 saturated heterocycles. The number of nitrogens with two attached hydrogens (primary N) is 1. The number of hydrogen-bond acceptors (Lipinski definition) is 6. The van der Waals surface area contributed by atoms with Crippen molar-refractivity contribution in [2.24, 2.45) is 0 Å². The van der Waals surface area contributed by atoms with Crippen LogP contribution in [0.1, 0.15) is 21.7 Å². The van der Waals surface area contributed by atoms with Gasteiger partial charge in [-0.15, -0.1) is 5.10 Å². The number of nitrogen functional groups attached to an aromatic ring is 1. The molecule has 0 saturated carbocycles. The van der Waals surface area contributed by atoms with Crippen LogP contribution in [0.5, 0.6) is 0 Å². The second-order valence-corrected chi connectivity index (χ2v) is 4.19. The van der Waals surface area contributed by atoms with Crippen LogP contribution in [-0.2, 0) is 0 Å². The molecule has 3 heterocycles. The normalized spacial score (nSPS) is 11.1. The summed E-state index contributed by atoms with van der Waals surface area (Å²) in [7, 11) is 0. The fourth-order valence-electron chi connectivity index (χ4n) is 1.92. The molecule has 0 aromatic carbocycles. The Hall–Kier alpha value is -2.77. The maximum absolute atomic E-state index is 12.3. The van der Waals surface area contributed by atoms with E-state index in [1.54, 1.807) is 4.52 Å². The summed E-state index contributed by atoms with van der Waals surface area (Å²) in [4.78, 5) is 20.3. The molecule has 96 valence electrons. The van der Waals surface area contributed by atoms with Gasteiger partial charge in [-0.05, 0) is 19.9 Å². The number of aryl methyl sites for hydroxylation is 2. The zero-order valence-electron chi connectivity index (χ0n) is 10.4. The van der Waals surface area contributed by atoms with Gasteiger partial charge in [0.25, 0.3) is 5.91 Å². The van der Waals surface area contributed by atoms with Gasteiger partial charge in [-0.1, -0.05) is 0 Å². The van der Waals surface area contributed by atoms with Crippen molar-refractivity contribution in [3.8, 4) is 0 Å². The van der Waals surface area contributed by atoms with Gasteiger partial charge in [-0.25, -0.2) is 14.5 Å². The largest absolute Gasteiger partial charge is 0.366 e. The molecule has 0 unspecified atom stereocenters. The molecule has 8 heteroatoms. The monoisotopic (exact) mass is 257 g/mol. The van der Waals surface area contributed by atoms with E-state index in [0.717, 1.165) is 16.1 Å². The SMILES string of the molecule is Cc1cc(C)n2ncc(C(=O)n3cnc(N)n3)c2n1. The minimum atomic E-state index is -0.364. The first-order chi connectivity index (χ1) is 9.06. The van der Waals surface area contributed by atoms with Gasteiger partial charge in [0.2, 0.25) is 5.95 Å². The Kier molecular flexibility index (Phi) is 2.31. The van der Waals surface area contributed by atoms with Crippen molar-refractivity contribution in [3.63, 3.8) is 0 Å². The van der Waals surface area contributed by atoms with Crippen LogP contribution >= 0.6 is 0 Å². The summed E-state index contributed by atoms with van der Waals surface area (Å²) in [5, 5.41) is 7.94. The highest BCUT2D eigenvalue weighted by atomic mass is 16.2. The number of hydrogen-bond donors (Lipinski definition) is 1. The van der Waals surface area contributed by atoms with E-state index in [1.807, 2.05) is 19.9 Å². The molecule has 8 nitrogen and oxygen atoms in total. The molecule has 0 aliphatic heterocycles. The standard InChI is InChI=1S/C11H11N7O/c1-6-3-7(2)18-9(15-6)8(4-14-18)10(19)17-5-13-11(12)16-17/h3-5H,1-2H3,(H2,12,16). The molecule has 19 heavy (non-hydrogen) atoms. The Morgan fingerprint density at radius 2 is 2.16 bits per heavy atom. The van der Waals surface area contributed by atoms with E-state index in [-0.39, 0.29) is 11.9 Å². The lowest BCUT2D eigenvalue weighted by Gasteiger charge is -2.01. The topological polar surface area (TPSA) is 104 Å². The molecule has 3 aromatic rings. The highest BCUT2D eigenvalue weighted by molar-refractivity contribution is 6.00. The first kappa shape index (κ1) is 11.3.